The molecule has 122 valence electrons. The van der Waals surface area contributed by atoms with E-state index in [2.05, 4.69) is 15.9 Å². The molecule has 2 rings (SSSR count). The number of aliphatic hydroxyl groups excluding tert-OH is 1. The summed E-state index contributed by atoms with van der Waals surface area (Å²) in [6, 6.07) is 9.69. The summed E-state index contributed by atoms with van der Waals surface area (Å²) in [5.74, 6) is -1.98. The Bertz CT molecular complexity index is 774. The Labute approximate surface area is 138 Å². The number of nitro groups is 1. The van der Waals surface area contributed by atoms with Crippen LogP contribution < -0.4 is 4.74 Å². The summed E-state index contributed by atoms with van der Waals surface area (Å²) in [6.45, 7) is 0. The van der Waals surface area contributed by atoms with Crippen molar-refractivity contribution in [3.8, 4) is 11.5 Å². The van der Waals surface area contributed by atoms with Gasteiger partial charge in [-0.3, -0.25) is 14.7 Å². The first kappa shape index (κ1) is 17.6. The van der Waals surface area contributed by atoms with E-state index in [0.717, 1.165) is 16.6 Å². The molecule has 10 heteroatoms. The van der Waals surface area contributed by atoms with Crippen molar-refractivity contribution in [3.63, 3.8) is 0 Å². The molecule has 0 saturated carbocycles. The van der Waals surface area contributed by atoms with Crippen molar-refractivity contribution in [1.82, 2.24) is 0 Å². The number of non-ortho nitro benzene ring substituents is 1. The van der Waals surface area contributed by atoms with Crippen LogP contribution in [0.3, 0.4) is 0 Å². The topological polar surface area (TPSA) is 130 Å². The molecule has 2 aromatic rings. The molecular weight excluding hydrogens is 393 g/mol. The van der Waals surface area contributed by atoms with Crippen LogP contribution in [0.4, 0.5) is 5.69 Å². The van der Waals surface area contributed by atoms with Crippen LogP contribution in [0.2, 0.25) is 0 Å². The van der Waals surface area contributed by atoms with Gasteiger partial charge in [0, 0.05) is 22.2 Å². The summed E-state index contributed by atoms with van der Waals surface area (Å²) in [5.41, 5.74) is -0.786. The molecule has 3 N–H and O–H groups in total. The van der Waals surface area contributed by atoms with Gasteiger partial charge in [-0.05, 0) is 30.3 Å². The van der Waals surface area contributed by atoms with Crippen LogP contribution >= 0.6 is 23.5 Å². The molecule has 0 bridgehead atoms. The molecule has 1 atom stereocenters. The van der Waals surface area contributed by atoms with Crippen LogP contribution in [0.5, 0.6) is 11.5 Å². The molecule has 0 radical (unpaired) electrons. The monoisotopic (exact) mass is 403 g/mol. The smallest absolute Gasteiger partial charge is 0.358 e. The summed E-state index contributed by atoms with van der Waals surface area (Å²) < 4.78 is 17.5. The fourth-order valence-electron chi connectivity index (χ4n) is 1.75. The van der Waals surface area contributed by atoms with Crippen molar-refractivity contribution in [2.24, 2.45) is 0 Å². The molecule has 8 nitrogen and oxygen atoms in total. The van der Waals surface area contributed by atoms with Gasteiger partial charge in [0.1, 0.15) is 11.5 Å². The first-order chi connectivity index (χ1) is 10.7. The van der Waals surface area contributed by atoms with Gasteiger partial charge >= 0.3 is 7.60 Å². The van der Waals surface area contributed by atoms with Crippen molar-refractivity contribution in [3.05, 3.63) is 62.6 Å². The Hall–Kier alpha value is -1.77. The van der Waals surface area contributed by atoms with Crippen molar-refractivity contribution < 1.29 is 29.1 Å². The van der Waals surface area contributed by atoms with Crippen LogP contribution in [0, 0.1) is 10.1 Å². The molecule has 0 amide bonds. The number of hydrogen-bond acceptors (Lipinski definition) is 5. The van der Waals surface area contributed by atoms with Gasteiger partial charge < -0.3 is 19.6 Å². The van der Waals surface area contributed by atoms with Gasteiger partial charge in [-0.2, -0.15) is 0 Å². The normalized spacial score (nSPS) is 12.7. The average molecular weight is 404 g/mol. The first-order valence-electron chi connectivity index (χ1n) is 6.13. The predicted octanol–water partition coefficient (Wildman–Crippen LogP) is 3.32. The van der Waals surface area contributed by atoms with E-state index in [1.54, 1.807) is 24.3 Å². The van der Waals surface area contributed by atoms with Gasteiger partial charge in [-0.15, -0.1) is 0 Å². The predicted molar refractivity (Wildman–Crippen MR) is 84.3 cm³/mol. The number of halogens is 1. The molecule has 0 saturated heterocycles. The van der Waals surface area contributed by atoms with Crippen LogP contribution in [0.25, 0.3) is 0 Å². The quantitative estimate of drug-likeness (QED) is 0.396. The fraction of sp³-hybridized carbons (Fsp3) is 0.0769. The third-order valence-electron chi connectivity index (χ3n) is 2.84. The minimum absolute atomic E-state index is 0.0891. The third-order valence-corrected chi connectivity index (χ3v) is 4.29. The molecular formula is C13H11BrNO7P. The lowest BCUT2D eigenvalue weighted by atomic mass is 10.2. The Morgan fingerprint density at radius 2 is 1.78 bits per heavy atom. The number of rotatable bonds is 5. The van der Waals surface area contributed by atoms with Gasteiger partial charge in [0.15, 0.2) is 5.85 Å². The highest BCUT2D eigenvalue weighted by atomic mass is 79.9. The second kappa shape index (κ2) is 6.77. The maximum absolute atomic E-state index is 11.3. The van der Waals surface area contributed by atoms with Gasteiger partial charge in [-0.25, -0.2) is 0 Å². The standard InChI is InChI=1S/C13H11BrNO7P/c14-8-1-4-10(5-2-8)22-12-6-3-9(15(17)18)7-11(12)13(16)23(19,20)21/h1-7,13,16H,(H2,19,20,21). The number of ether oxygens (including phenoxy) is 1. The van der Waals surface area contributed by atoms with E-state index in [-0.39, 0.29) is 11.3 Å². The number of nitrogens with zero attached hydrogens (tertiary/aromatic N) is 1. The van der Waals surface area contributed by atoms with Gasteiger partial charge in [0.2, 0.25) is 0 Å². The molecule has 0 aliphatic carbocycles. The summed E-state index contributed by atoms with van der Waals surface area (Å²) >= 11 is 3.25. The molecule has 0 spiro atoms. The Balaban J connectivity index is 2.47. The maximum atomic E-state index is 11.3. The Kier molecular flexibility index (Phi) is 5.18. The van der Waals surface area contributed by atoms with Crippen molar-refractivity contribution in [2.45, 2.75) is 5.85 Å². The van der Waals surface area contributed by atoms with Gasteiger partial charge in [0.05, 0.1) is 4.92 Å². The van der Waals surface area contributed by atoms with E-state index in [4.69, 9.17) is 14.5 Å². The Morgan fingerprint density at radius 1 is 1.17 bits per heavy atom. The van der Waals surface area contributed by atoms with E-state index in [0.29, 0.717) is 5.75 Å². The zero-order valence-electron chi connectivity index (χ0n) is 11.4. The minimum atomic E-state index is -4.92. The SMILES string of the molecule is O=[N+]([O-])c1ccc(Oc2ccc(Br)cc2)c(C(O)P(=O)(O)O)c1. The highest BCUT2D eigenvalue weighted by molar-refractivity contribution is 9.10. The van der Waals surface area contributed by atoms with Crippen molar-refractivity contribution >= 4 is 29.2 Å². The van der Waals surface area contributed by atoms with Gasteiger partial charge in [-0.1, -0.05) is 15.9 Å². The zero-order valence-corrected chi connectivity index (χ0v) is 13.8. The van der Waals surface area contributed by atoms with Crippen molar-refractivity contribution in [1.29, 1.82) is 0 Å². The fourth-order valence-corrected chi connectivity index (χ4v) is 2.58. The van der Waals surface area contributed by atoms with Crippen molar-refractivity contribution in [2.75, 3.05) is 0 Å². The Morgan fingerprint density at radius 3 is 2.30 bits per heavy atom. The van der Waals surface area contributed by atoms with E-state index in [1.165, 1.54) is 6.07 Å². The summed E-state index contributed by atoms with van der Waals surface area (Å²) in [7, 11) is -4.92. The highest BCUT2D eigenvalue weighted by Crippen LogP contribution is 2.52. The lowest BCUT2D eigenvalue weighted by Gasteiger charge is -2.17. The largest absolute Gasteiger partial charge is 0.457 e. The van der Waals surface area contributed by atoms with E-state index < -0.39 is 24.1 Å². The third kappa shape index (κ3) is 4.37. The summed E-state index contributed by atoms with van der Waals surface area (Å²) in [5, 5.41) is 20.6. The second-order valence-electron chi connectivity index (χ2n) is 4.50. The molecule has 0 fully saturated rings. The van der Waals surface area contributed by atoms with E-state index >= 15 is 0 Å². The number of aliphatic hydroxyl groups is 1. The summed E-state index contributed by atoms with van der Waals surface area (Å²) in [6.07, 6.45) is 0. The molecule has 0 aliphatic rings. The average Bonchev–Trinajstić information content (AvgIpc) is 2.48. The van der Waals surface area contributed by atoms with E-state index in [9.17, 15) is 19.8 Å². The van der Waals surface area contributed by atoms with Crippen LogP contribution in [0.1, 0.15) is 11.4 Å². The highest BCUT2D eigenvalue weighted by Gasteiger charge is 2.32. The molecule has 0 aliphatic heterocycles. The lowest BCUT2D eigenvalue weighted by molar-refractivity contribution is -0.385. The van der Waals surface area contributed by atoms with E-state index in [1.807, 2.05) is 0 Å². The number of hydrogen-bond donors (Lipinski definition) is 3. The zero-order chi connectivity index (χ0) is 17.2. The number of nitro benzene ring substituents is 1. The lowest BCUT2D eigenvalue weighted by Crippen LogP contribution is -2.02. The summed E-state index contributed by atoms with van der Waals surface area (Å²) in [4.78, 5) is 28.3. The molecule has 23 heavy (non-hydrogen) atoms. The molecule has 2 aromatic carbocycles. The van der Waals surface area contributed by atoms with Crippen LogP contribution in [0.15, 0.2) is 46.9 Å². The first-order valence-corrected chi connectivity index (χ1v) is 8.61. The van der Waals surface area contributed by atoms with Crippen LogP contribution in [-0.2, 0) is 4.57 Å². The molecule has 1 unspecified atom stereocenters. The van der Waals surface area contributed by atoms with Crippen LogP contribution in [-0.4, -0.2) is 19.8 Å². The van der Waals surface area contributed by atoms with Gasteiger partial charge in [0.25, 0.3) is 5.69 Å². The molecule has 0 heterocycles. The maximum Gasteiger partial charge on any atom is 0.358 e. The number of benzene rings is 2. The second-order valence-corrected chi connectivity index (χ2v) is 7.08. The minimum Gasteiger partial charge on any atom is -0.457 e. The molecule has 0 aromatic heterocycles.